The summed E-state index contributed by atoms with van der Waals surface area (Å²) in [6, 6.07) is 1.60. The molecule has 2 rings (SSSR count). The topological polar surface area (TPSA) is 41.4 Å². The van der Waals surface area contributed by atoms with Gasteiger partial charge in [-0.1, -0.05) is 0 Å². The van der Waals surface area contributed by atoms with Gasteiger partial charge in [0.2, 0.25) is 0 Å². The van der Waals surface area contributed by atoms with Crippen molar-refractivity contribution in [2.24, 2.45) is 7.05 Å². The monoisotopic (exact) mass is 208 g/mol. The third-order valence-electron chi connectivity index (χ3n) is 2.79. The van der Waals surface area contributed by atoms with Crippen LogP contribution in [0.2, 0.25) is 0 Å². The van der Waals surface area contributed by atoms with Gasteiger partial charge in [0.05, 0.1) is 6.33 Å². The highest BCUT2D eigenvalue weighted by Crippen LogP contribution is 2.09. The van der Waals surface area contributed by atoms with Crippen LogP contribution >= 0.6 is 0 Å². The maximum absolute atomic E-state index is 11.4. The van der Waals surface area contributed by atoms with Crippen molar-refractivity contribution < 1.29 is 0 Å². The summed E-state index contributed by atoms with van der Waals surface area (Å²) in [6.45, 7) is 3.93. The van der Waals surface area contributed by atoms with E-state index in [1.807, 2.05) is 0 Å². The minimum absolute atomic E-state index is 0.000993. The van der Waals surface area contributed by atoms with Crippen LogP contribution in [0, 0.1) is 0 Å². The van der Waals surface area contributed by atoms with Crippen LogP contribution in [-0.2, 0) is 7.05 Å². The molecule has 15 heavy (non-hydrogen) atoms. The van der Waals surface area contributed by atoms with Crippen LogP contribution in [0.1, 0.15) is 0 Å². The maximum atomic E-state index is 11.4. The van der Waals surface area contributed by atoms with Crippen molar-refractivity contribution in [2.45, 2.75) is 0 Å². The summed E-state index contributed by atoms with van der Waals surface area (Å²) in [5.41, 5.74) is -0.000993. The van der Waals surface area contributed by atoms with Gasteiger partial charge >= 0.3 is 0 Å². The Kier molecular flexibility index (Phi) is 2.73. The Morgan fingerprint density at radius 3 is 2.47 bits per heavy atom. The molecule has 0 aromatic carbocycles. The second-order valence-electron chi connectivity index (χ2n) is 3.99. The fourth-order valence-corrected chi connectivity index (χ4v) is 1.66. The van der Waals surface area contributed by atoms with E-state index in [1.165, 1.54) is 4.57 Å². The Morgan fingerprint density at radius 1 is 1.20 bits per heavy atom. The highest BCUT2D eigenvalue weighted by Gasteiger charge is 2.15. The second-order valence-corrected chi connectivity index (χ2v) is 3.99. The van der Waals surface area contributed by atoms with E-state index in [0.717, 1.165) is 32.0 Å². The van der Waals surface area contributed by atoms with Gasteiger partial charge in [0, 0.05) is 39.3 Å². The molecule has 1 saturated heterocycles. The summed E-state index contributed by atoms with van der Waals surface area (Å²) in [5.74, 6) is 0.797. The van der Waals surface area contributed by atoms with Crippen LogP contribution in [-0.4, -0.2) is 47.7 Å². The number of piperazine rings is 1. The minimum Gasteiger partial charge on any atom is -0.354 e. The van der Waals surface area contributed by atoms with E-state index in [9.17, 15) is 4.79 Å². The Balaban J connectivity index is 2.16. The van der Waals surface area contributed by atoms with E-state index in [1.54, 1.807) is 19.4 Å². The van der Waals surface area contributed by atoms with Gasteiger partial charge in [-0.15, -0.1) is 0 Å². The molecule has 1 fully saturated rings. The van der Waals surface area contributed by atoms with E-state index in [2.05, 4.69) is 21.8 Å². The Hall–Kier alpha value is -1.36. The molecule has 5 nitrogen and oxygen atoms in total. The summed E-state index contributed by atoms with van der Waals surface area (Å²) in [7, 11) is 3.82. The predicted octanol–water partition coefficient (Wildman–Crippen LogP) is -0.468. The zero-order chi connectivity index (χ0) is 10.8. The van der Waals surface area contributed by atoms with E-state index in [-0.39, 0.29) is 5.56 Å². The van der Waals surface area contributed by atoms with Crippen LogP contribution in [0.4, 0.5) is 5.82 Å². The first-order chi connectivity index (χ1) is 7.16. The minimum atomic E-state index is -0.000993. The molecular formula is C10H16N4O. The van der Waals surface area contributed by atoms with E-state index in [0.29, 0.717) is 0 Å². The SMILES string of the molecule is CN1CCN(c2cc(=O)n(C)cn2)CC1. The summed E-state index contributed by atoms with van der Waals surface area (Å²) < 4.78 is 1.49. The lowest BCUT2D eigenvalue weighted by atomic mass is 10.3. The molecule has 1 aromatic rings. The van der Waals surface area contributed by atoms with Gasteiger partial charge in [-0.3, -0.25) is 4.79 Å². The molecular weight excluding hydrogens is 192 g/mol. The van der Waals surface area contributed by atoms with Crippen LogP contribution < -0.4 is 10.5 Å². The van der Waals surface area contributed by atoms with Gasteiger partial charge in [-0.05, 0) is 7.05 Å². The fourth-order valence-electron chi connectivity index (χ4n) is 1.66. The number of hydrogen-bond donors (Lipinski definition) is 0. The predicted molar refractivity (Wildman–Crippen MR) is 59.2 cm³/mol. The molecule has 0 saturated carbocycles. The van der Waals surface area contributed by atoms with Crippen molar-refractivity contribution in [3.63, 3.8) is 0 Å². The van der Waals surface area contributed by atoms with Crippen LogP contribution in [0.5, 0.6) is 0 Å². The average molecular weight is 208 g/mol. The number of likely N-dealkylation sites (N-methyl/N-ethyl adjacent to an activating group) is 1. The van der Waals surface area contributed by atoms with E-state index in [4.69, 9.17) is 0 Å². The molecule has 0 spiro atoms. The van der Waals surface area contributed by atoms with Crippen LogP contribution in [0.25, 0.3) is 0 Å². The zero-order valence-electron chi connectivity index (χ0n) is 9.18. The van der Waals surface area contributed by atoms with Crippen molar-refractivity contribution in [2.75, 3.05) is 38.1 Å². The lowest BCUT2D eigenvalue weighted by Crippen LogP contribution is -2.45. The maximum Gasteiger partial charge on any atom is 0.255 e. The van der Waals surface area contributed by atoms with Gasteiger partial charge < -0.3 is 14.4 Å². The number of anilines is 1. The Morgan fingerprint density at radius 2 is 1.87 bits per heavy atom. The third kappa shape index (κ3) is 2.18. The average Bonchev–Trinajstić information content (AvgIpc) is 2.23. The molecule has 1 aliphatic heterocycles. The molecule has 0 unspecified atom stereocenters. The van der Waals surface area contributed by atoms with E-state index >= 15 is 0 Å². The van der Waals surface area contributed by atoms with Crippen LogP contribution in [0.15, 0.2) is 17.2 Å². The molecule has 5 heteroatoms. The smallest absolute Gasteiger partial charge is 0.255 e. The van der Waals surface area contributed by atoms with Crippen molar-refractivity contribution >= 4 is 5.82 Å². The lowest BCUT2D eigenvalue weighted by Gasteiger charge is -2.33. The van der Waals surface area contributed by atoms with Gasteiger partial charge in [0.25, 0.3) is 5.56 Å². The number of aryl methyl sites for hydroxylation is 1. The van der Waals surface area contributed by atoms with Gasteiger partial charge in [0.15, 0.2) is 0 Å². The first-order valence-electron chi connectivity index (χ1n) is 5.13. The Labute approximate surface area is 88.9 Å². The highest BCUT2D eigenvalue weighted by molar-refractivity contribution is 5.37. The van der Waals surface area contributed by atoms with Crippen molar-refractivity contribution in [1.29, 1.82) is 0 Å². The molecule has 1 aliphatic rings. The Bertz CT molecular complexity index is 393. The zero-order valence-corrected chi connectivity index (χ0v) is 9.18. The van der Waals surface area contributed by atoms with E-state index < -0.39 is 0 Å². The summed E-state index contributed by atoms with van der Waals surface area (Å²) in [4.78, 5) is 20.1. The third-order valence-corrected chi connectivity index (χ3v) is 2.79. The standard InChI is InChI=1S/C10H16N4O/c1-12-3-5-14(6-4-12)9-7-10(15)13(2)8-11-9/h7-8H,3-6H2,1-2H3. The lowest BCUT2D eigenvalue weighted by molar-refractivity contribution is 0.312. The number of nitrogens with zero attached hydrogens (tertiary/aromatic N) is 4. The first kappa shape index (κ1) is 10.2. The van der Waals surface area contributed by atoms with Crippen LogP contribution in [0.3, 0.4) is 0 Å². The molecule has 0 amide bonds. The molecule has 2 heterocycles. The molecule has 0 aliphatic carbocycles. The fraction of sp³-hybridized carbons (Fsp3) is 0.600. The molecule has 0 bridgehead atoms. The van der Waals surface area contributed by atoms with Crippen molar-refractivity contribution in [3.8, 4) is 0 Å². The van der Waals surface area contributed by atoms with Crippen molar-refractivity contribution in [3.05, 3.63) is 22.7 Å². The molecule has 1 aromatic heterocycles. The largest absolute Gasteiger partial charge is 0.354 e. The summed E-state index contributed by atoms with van der Waals surface area (Å²) in [6.07, 6.45) is 1.58. The molecule has 0 N–H and O–H groups in total. The highest BCUT2D eigenvalue weighted by atomic mass is 16.1. The molecule has 0 radical (unpaired) electrons. The van der Waals surface area contributed by atoms with Gasteiger partial charge in [-0.2, -0.15) is 0 Å². The second kappa shape index (κ2) is 4.02. The normalized spacial score (nSPS) is 18.1. The summed E-state index contributed by atoms with van der Waals surface area (Å²) >= 11 is 0. The van der Waals surface area contributed by atoms with Gasteiger partial charge in [-0.25, -0.2) is 4.98 Å². The summed E-state index contributed by atoms with van der Waals surface area (Å²) in [5, 5.41) is 0. The van der Waals surface area contributed by atoms with Gasteiger partial charge in [0.1, 0.15) is 5.82 Å². The van der Waals surface area contributed by atoms with Crippen molar-refractivity contribution in [1.82, 2.24) is 14.5 Å². The first-order valence-corrected chi connectivity index (χ1v) is 5.13. The number of aromatic nitrogens is 2. The number of rotatable bonds is 1. The molecule has 0 atom stereocenters. The number of hydrogen-bond acceptors (Lipinski definition) is 4. The molecule has 82 valence electrons. The quantitative estimate of drug-likeness (QED) is 0.626.